The Morgan fingerprint density at radius 2 is 1.10 bits per heavy atom. The largest absolute Gasteiger partial charge is 0.256 e. The lowest BCUT2D eigenvalue weighted by atomic mass is 9.59. The van der Waals surface area contributed by atoms with Crippen molar-refractivity contribution in [2.45, 2.75) is 31.1 Å². The van der Waals surface area contributed by atoms with E-state index in [4.69, 9.17) is 19.9 Å². The second kappa shape index (κ2) is 12.6. The van der Waals surface area contributed by atoms with Crippen LogP contribution in [0.15, 0.2) is 170 Å². The summed E-state index contributed by atoms with van der Waals surface area (Å²) in [6.45, 7) is 0. The normalized spacial score (nSPS) is 22.0. The smallest absolute Gasteiger partial charge is 0.164 e. The lowest BCUT2D eigenvalue weighted by molar-refractivity contribution is 0.191. The first-order valence-electron chi connectivity index (χ1n) is 21.2. The number of rotatable bonds is 5. The second-order valence-electron chi connectivity index (χ2n) is 17.4. The first-order valence-corrected chi connectivity index (χ1v) is 21.2. The molecule has 4 heteroatoms. The van der Waals surface area contributed by atoms with E-state index in [1.807, 2.05) is 30.5 Å². The minimum absolute atomic E-state index is 0.105. The highest BCUT2D eigenvalue weighted by Gasteiger charge is 2.66. The fourth-order valence-electron chi connectivity index (χ4n) is 12.4. The predicted molar refractivity (Wildman–Crippen MR) is 238 cm³/mol. The molecule has 4 fully saturated rings. The lowest BCUT2D eigenvalue weighted by Crippen LogP contribution is -2.40. The summed E-state index contributed by atoms with van der Waals surface area (Å²) in [7, 11) is 0. The highest BCUT2D eigenvalue weighted by Crippen LogP contribution is 2.73. The Balaban J connectivity index is 0.959. The maximum atomic E-state index is 5.21. The fourth-order valence-corrected chi connectivity index (χ4v) is 12.4. The molecule has 4 nitrogen and oxygen atoms in total. The molecular weight excluding hydrogens is 717 g/mol. The highest BCUT2D eigenvalue weighted by atomic mass is 15.0. The number of nitrogens with zero attached hydrogens (tertiary/aromatic N) is 4. The molecule has 280 valence electrons. The summed E-state index contributed by atoms with van der Waals surface area (Å²) in [6, 6.07) is 59.3. The van der Waals surface area contributed by atoms with Crippen LogP contribution in [0.2, 0.25) is 0 Å². The van der Waals surface area contributed by atoms with Crippen molar-refractivity contribution in [3.8, 4) is 67.5 Å². The van der Waals surface area contributed by atoms with Crippen LogP contribution in [0.3, 0.4) is 0 Å². The van der Waals surface area contributed by atoms with Crippen LogP contribution in [0.25, 0.3) is 89.2 Å². The van der Waals surface area contributed by atoms with E-state index >= 15 is 0 Å². The standard InChI is InChI=1S/C55H40N4/c1-2-11-37(12-3-1)52-57-53(38-23-21-35(22-24-38)45-19-7-13-36-16-9-27-56-51(36)45)59-54(58-52)40-15-6-14-39(31-40)44-18-8-20-46-50(44)49-43-17-5-4-10-34(43)25-26-47(49)55(46)42-29-33-28-41(32-42)48(55)30-33/h1-27,31,33,41-42,48H,28-30,32H2. The van der Waals surface area contributed by atoms with E-state index in [1.165, 1.54) is 58.7 Å². The van der Waals surface area contributed by atoms with Crippen molar-refractivity contribution in [2.75, 3.05) is 0 Å². The third-order valence-corrected chi connectivity index (χ3v) is 14.5. The van der Waals surface area contributed by atoms with Crippen LogP contribution in [0.1, 0.15) is 36.8 Å². The summed E-state index contributed by atoms with van der Waals surface area (Å²) in [5.41, 5.74) is 14.7. The fraction of sp³-hybridized carbons (Fsp3) is 0.164. The van der Waals surface area contributed by atoms with E-state index in [2.05, 4.69) is 140 Å². The molecular formula is C55H40N4. The molecule has 2 heterocycles. The molecule has 1 spiro atoms. The van der Waals surface area contributed by atoms with Gasteiger partial charge in [-0.1, -0.05) is 152 Å². The number of para-hydroxylation sites is 1. The number of benzene rings is 7. The number of hydrogen-bond acceptors (Lipinski definition) is 4. The Morgan fingerprint density at radius 1 is 0.441 bits per heavy atom. The van der Waals surface area contributed by atoms with Crippen molar-refractivity contribution >= 4 is 21.7 Å². The summed E-state index contributed by atoms with van der Waals surface area (Å²) in [4.78, 5) is 20.2. The Morgan fingerprint density at radius 3 is 1.97 bits per heavy atom. The minimum atomic E-state index is 0.105. The summed E-state index contributed by atoms with van der Waals surface area (Å²) in [5.74, 6) is 5.17. The molecule has 4 saturated carbocycles. The number of pyridine rings is 1. The van der Waals surface area contributed by atoms with Gasteiger partial charge in [-0.05, 0) is 111 Å². The van der Waals surface area contributed by atoms with Crippen molar-refractivity contribution in [3.63, 3.8) is 0 Å². The van der Waals surface area contributed by atoms with Crippen molar-refractivity contribution in [1.29, 1.82) is 0 Å². The zero-order valence-electron chi connectivity index (χ0n) is 32.6. The van der Waals surface area contributed by atoms with Gasteiger partial charge in [0.2, 0.25) is 0 Å². The van der Waals surface area contributed by atoms with Gasteiger partial charge in [-0.25, -0.2) is 15.0 Å². The summed E-state index contributed by atoms with van der Waals surface area (Å²) in [6.07, 6.45) is 7.40. The van der Waals surface area contributed by atoms with Gasteiger partial charge < -0.3 is 0 Å². The molecule has 5 aliphatic carbocycles. The van der Waals surface area contributed by atoms with Crippen LogP contribution in [-0.4, -0.2) is 19.9 Å². The van der Waals surface area contributed by atoms with E-state index in [0.717, 1.165) is 56.5 Å². The van der Waals surface area contributed by atoms with Crippen LogP contribution in [0, 0.1) is 23.7 Å². The Kier molecular flexibility index (Phi) is 7.10. The van der Waals surface area contributed by atoms with Crippen LogP contribution in [-0.2, 0) is 5.41 Å². The van der Waals surface area contributed by atoms with Gasteiger partial charge in [-0.2, -0.15) is 0 Å². The van der Waals surface area contributed by atoms with Crippen LogP contribution < -0.4 is 0 Å². The molecule has 5 unspecified atom stereocenters. The van der Waals surface area contributed by atoms with Gasteiger partial charge >= 0.3 is 0 Å². The van der Waals surface area contributed by atoms with E-state index in [0.29, 0.717) is 23.4 Å². The van der Waals surface area contributed by atoms with Gasteiger partial charge in [0.15, 0.2) is 17.5 Å². The molecule has 7 aromatic carbocycles. The van der Waals surface area contributed by atoms with Crippen LogP contribution in [0.4, 0.5) is 0 Å². The van der Waals surface area contributed by atoms with Gasteiger partial charge in [-0.15, -0.1) is 0 Å². The average molecular weight is 757 g/mol. The predicted octanol–water partition coefficient (Wildman–Crippen LogP) is 13.2. The summed E-state index contributed by atoms with van der Waals surface area (Å²) >= 11 is 0. The van der Waals surface area contributed by atoms with Crippen molar-refractivity contribution in [3.05, 3.63) is 181 Å². The molecule has 14 rings (SSSR count). The number of aromatic nitrogens is 4. The highest BCUT2D eigenvalue weighted by molar-refractivity contribution is 6.07. The zero-order valence-corrected chi connectivity index (χ0v) is 32.6. The monoisotopic (exact) mass is 756 g/mol. The molecule has 0 N–H and O–H groups in total. The molecule has 59 heavy (non-hydrogen) atoms. The van der Waals surface area contributed by atoms with Gasteiger partial charge in [0.25, 0.3) is 0 Å². The zero-order chi connectivity index (χ0) is 38.7. The topological polar surface area (TPSA) is 51.6 Å². The van der Waals surface area contributed by atoms with Crippen molar-refractivity contribution in [1.82, 2.24) is 19.9 Å². The van der Waals surface area contributed by atoms with Crippen LogP contribution >= 0.6 is 0 Å². The Bertz CT molecular complexity index is 3140. The molecule has 0 saturated heterocycles. The average Bonchev–Trinajstić information content (AvgIpc) is 3.86. The van der Waals surface area contributed by atoms with E-state index in [1.54, 1.807) is 11.1 Å². The summed E-state index contributed by atoms with van der Waals surface area (Å²) in [5, 5.41) is 3.82. The first-order chi connectivity index (χ1) is 29.2. The lowest BCUT2D eigenvalue weighted by Gasteiger charge is -2.44. The quantitative estimate of drug-likeness (QED) is 0.175. The van der Waals surface area contributed by atoms with Gasteiger partial charge in [-0.3, -0.25) is 4.98 Å². The SMILES string of the molecule is c1ccc(-c2nc(-c3ccc(-c4cccc5cccnc45)cc3)nc(-c3cccc(-c4cccc5c4-c4c(ccc6ccccc46)C54C5CC6CC(C5)C4C6)c3)n2)cc1. The molecule has 0 aliphatic heterocycles. The molecule has 0 amide bonds. The molecule has 9 aromatic rings. The maximum Gasteiger partial charge on any atom is 0.164 e. The van der Waals surface area contributed by atoms with Gasteiger partial charge in [0, 0.05) is 39.3 Å². The van der Waals surface area contributed by atoms with E-state index in [-0.39, 0.29) is 5.41 Å². The van der Waals surface area contributed by atoms with Crippen molar-refractivity contribution in [2.24, 2.45) is 23.7 Å². The van der Waals surface area contributed by atoms with Gasteiger partial charge in [0.05, 0.1) is 5.52 Å². The Labute approximate surface area is 343 Å². The first kappa shape index (κ1) is 33.2. The van der Waals surface area contributed by atoms with Gasteiger partial charge in [0.1, 0.15) is 0 Å². The number of fused-ring (bicyclic) bond motifs is 6. The minimum Gasteiger partial charge on any atom is -0.256 e. The Hall–Kier alpha value is -6.78. The van der Waals surface area contributed by atoms with E-state index in [9.17, 15) is 0 Å². The maximum absolute atomic E-state index is 5.21. The van der Waals surface area contributed by atoms with E-state index < -0.39 is 0 Å². The molecule has 2 aromatic heterocycles. The number of hydrogen-bond donors (Lipinski definition) is 0. The second-order valence-corrected chi connectivity index (χ2v) is 17.4. The third kappa shape index (κ3) is 4.83. The summed E-state index contributed by atoms with van der Waals surface area (Å²) < 4.78 is 0. The molecule has 0 radical (unpaired) electrons. The third-order valence-electron chi connectivity index (χ3n) is 14.5. The molecule has 4 bridgehead atoms. The molecule has 5 aliphatic rings. The van der Waals surface area contributed by atoms with Crippen molar-refractivity contribution < 1.29 is 0 Å². The molecule has 5 atom stereocenters. The van der Waals surface area contributed by atoms with Crippen LogP contribution in [0.5, 0.6) is 0 Å².